The molecule has 3 aromatic rings. The summed E-state index contributed by atoms with van der Waals surface area (Å²) in [6, 6.07) is 15.7. The number of nitrogens with zero attached hydrogens (tertiary/aromatic N) is 3. The summed E-state index contributed by atoms with van der Waals surface area (Å²) >= 11 is 6.35. The first-order valence-electron chi connectivity index (χ1n) is 11.8. The molecule has 35 heavy (non-hydrogen) atoms. The van der Waals surface area contributed by atoms with E-state index in [0.29, 0.717) is 33.7 Å². The second-order valence-corrected chi connectivity index (χ2v) is 13.5. The van der Waals surface area contributed by atoms with Gasteiger partial charge in [-0.15, -0.1) is 0 Å². The fourth-order valence-corrected chi connectivity index (χ4v) is 6.19. The van der Waals surface area contributed by atoms with Gasteiger partial charge in [0.15, 0.2) is 5.82 Å². The van der Waals surface area contributed by atoms with E-state index in [9.17, 15) is 9.36 Å². The van der Waals surface area contributed by atoms with E-state index in [-0.39, 0.29) is 0 Å². The Morgan fingerprint density at radius 3 is 2.37 bits per heavy atom. The van der Waals surface area contributed by atoms with Crippen molar-refractivity contribution in [1.29, 1.82) is 0 Å². The third-order valence-corrected chi connectivity index (χ3v) is 8.72. The molecule has 0 bridgehead atoms. The van der Waals surface area contributed by atoms with Crippen molar-refractivity contribution in [1.82, 2.24) is 9.97 Å². The number of para-hydroxylation sites is 1. The molecule has 2 heterocycles. The molecule has 2 N–H and O–H groups in total. The normalized spacial score (nSPS) is 17.2. The summed E-state index contributed by atoms with van der Waals surface area (Å²) in [5, 5.41) is 7.57. The number of carbonyl (C=O) groups is 1. The highest BCUT2D eigenvalue weighted by Gasteiger charge is 2.44. The predicted molar refractivity (Wildman–Crippen MR) is 144 cm³/mol. The Balaban J connectivity index is 1.26. The predicted octanol–water partition coefficient (Wildman–Crippen LogP) is 5.81. The standard InChI is InChI=1S/C26H29ClN5O2P/c1-35(2,34)23-6-4-3-5-22(23)30-24-21(27)15-28-25(31-24)29-18-7-9-19(10-8-18)32-16-26(17-32)13-11-20(33)12-14-26/h3-10,15H,11-14,16-17H2,1-2H3,(H2,28,29,30,31). The van der Waals surface area contributed by atoms with E-state index in [0.717, 1.165) is 49.8 Å². The van der Waals surface area contributed by atoms with Gasteiger partial charge >= 0.3 is 0 Å². The quantitative estimate of drug-likeness (QED) is 0.405. The van der Waals surface area contributed by atoms with Crippen LogP contribution < -0.4 is 20.8 Å². The average Bonchev–Trinajstić information content (AvgIpc) is 2.81. The van der Waals surface area contributed by atoms with Crippen LogP contribution in [-0.4, -0.2) is 42.2 Å². The van der Waals surface area contributed by atoms with E-state index >= 15 is 0 Å². The van der Waals surface area contributed by atoms with E-state index in [2.05, 4.69) is 37.6 Å². The molecule has 9 heteroatoms. The summed E-state index contributed by atoms with van der Waals surface area (Å²) in [4.78, 5) is 22.8. The van der Waals surface area contributed by atoms with Gasteiger partial charge in [-0.05, 0) is 62.6 Å². The van der Waals surface area contributed by atoms with Gasteiger partial charge in [0.05, 0.1) is 11.9 Å². The summed E-state index contributed by atoms with van der Waals surface area (Å²) in [5.41, 5.74) is 3.09. The first kappa shape index (κ1) is 23.8. The molecule has 2 aliphatic rings. The van der Waals surface area contributed by atoms with E-state index in [1.54, 1.807) is 19.5 Å². The van der Waals surface area contributed by atoms with Crippen molar-refractivity contribution < 1.29 is 9.36 Å². The van der Waals surface area contributed by atoms with E-state index in [1.807, 2.05) is 36.4 Å². The topological polar surface area (TPSA) is 87.2 Å². The number of nitrogens with one attached hydrogen (secondary N) is 2. The molecule has 0 amide bonds. The SMILES string of the molecule is CP(C)(=O)c1ccccc1Nc1nc(Nc2ccc(N3CC4(CCC(=O)CC4)C3)cc2)ncc1Cl. The van der Waals surface area contributed by atoms with Crippen molar-refractivity contribution in [2.75, 3.05) is 42.0 Å². The molecule has 0 radical (unpaired) electrons. The minimum atomic E-state index is -2.48. The molecule has 1 spiro atoms. The zero-order valence-corrected chi connectivity index (χ0v) is 21.6. The number of rotatable bonds is 6. The summed E-state index contributed by atoms with van der Waals surface area (Å²) in [5.74, 6) is 1.26. The molecule has 1 aromatic heterocycles. The molecule has 7 nitrogen and oxygen atoms in total. The molecule has 1 saturated carbocycles. The summed E-state index contributed by atoms with van der Waals surface area (Å²) in [6.45, 7) is 5.52. The van der Waals surface area contributed by atoms with Gasteiger partial charge in [0, 0.05) is 48.0 Å². The first-order chi connectivity index (χ1) is 16.7. The summed E-state index contributed by atoms with van der Waals surface area (Å²) < 4.78 is 12.7. The second-order valence-electron chi connectivity index (χ2n) is 9.95. The Bertz CT molecular complexity index is 1290. The van der Waals surface area contributed by atoms with Crippen LogP contribution in [0.2, 0.25) is 5.02 Å². The molecule has 1 saturated heterocycles. The second kappa shape index (κ2) is 9.29. The highest BCUT2D eigenvalue weighted by Crippen LogP contribution is 2.45. The van der Waals surface area contributed by atoms with Crippen LogP contribution in [0.5, 0.6) is 0 Å². The molecular formula is C26H29ClN5O2P. The van der Waals surface area contributed by atoms with Gasteiger partial charge in [-0.3, -0.25) is 4.79 Å². The van der Waals surface area contributed by atoms with Gasteiger partial charge in [-0.25, -0.2) is 4.98 Å². The van der Waals surface area contributed by atoms with Crippen LogP contribution in [0.15, 0.2) is 54.7 Å². The fourth-order valence-electron chi connectivity index (χ4n) is 4.90. The van der Waals surface area contributed by atoms with Crippen LogP contribution in [0.4, 0.5) is 28.8 Å². The number of hydrogen-bond donors (Lipinski definition) is 2. The van der Waals surface area contributed by atoms with E-state index < -0.39 is 7.14 Å². The van der Waals surface area contributed by atoms with Crippen LogP contribution in [0, 0.1) is 5.41 Å². The lowest BCUT2D eigenvalue weighted by Crippen LogP contribution is -2.57. The summed E-state index contributed by atoms with van der Waals surface area (Å²) in [7, 11) is -2.48. The van der Waals surface area contributed by atoms with E-state index in [4.69, 9.17) is 11.6 Å². The van der Waals surface area contributed by atoms with E-state index in [1.165, 1.54) is 5.69 Å². The van der Waals surface area contributed by atoms with Crippen molar-refractivity contribution in [3.63, 3.8) is 0 Å². The molecule has 0 unspecified atom stereocenters. The van der Waals surface area contributed by atoms with Gasteiger partial charge in [-0.1, -0.05) is 23.7 Å². The van der Waals surface area contributed by atoms with Crippen molar-refractivity contribution in [2.45, 2.75) is 25.7 Å². The molecule has 1 aliphatic carbocycles. The Morgan fingerprint density at radius 2 is 1.69 bits per heavy atom. The van der Waals surface area contributed by atoms with Crippen LogP contribution >= 0.6 is 18.7 Å². The van der Waals surface area contributed by atoms with Crippen LogP contribution in [-0.2, 0) is 9.36 Å². The van der Waals surface area contributed by atoms with Gasteiger partial charge in [0.1, 0.15) is 17.9 Å². The monoisotopic (exact) mass is 509 g/mol. The van der Waals surface area contributed by atoms with Crippen LogP contribution in [0.1, 0.15) is 25.7 Å². The molecule has 2 aromatic carbocycles. The highest BCUT2D eigenvalue weighted by atomic mass is 35.5. The smallest absolute Gasteiger partial charge is 0.229 e. The Kier molecular flexibility index (Phi) is 6.32. The molecule has 0 atom stereocenters. The third kappa shape index (κ3) is 5.21. The average molecular weight is 510 g/mol. The Morgan fingerprint density at radius 1 is 1.00 bits per heavy atom. The van der Waals surface area contributed by atoms with Crippen molar-refractivity contribution >= 4 is 58.7 Å². The Hall–Kier alpha value is -2.89. The largest absolute Gasteiger partial charge is 0.370 e. The lowest BCUT2D eigenvalue weighted by Gasteiger charge is -2.53. The Labute approximate surface area is 210 Å². The minimum Gasteiger partial charge on any atom is -0.370 e. The number of Topliss-reactive ketones (excluding diaryl/α,β-unsaturated/α-hetero) is 1. The number of anilines is 5. The zero-order valence-electron chi connectivity index (χ0n) is 19.9. The molecular weight excluding hydrogens is 481 g/mol. The maximum Gasteiger partial charge on any atom is 0.229 e. The molecule has 2 fully saturated rings. The maximum absolute atomic E-state index is 12.7. The first-order valence-corrected chi connectivity index (χ1v) is 14.8. The third-order valence-electron chi connectivity index (χ3n) is 6.89. The van der Waals surface area contributed by atoms with Crippen molar-refractivity contribution in [3.8, 4) is 0 Å². The highest BCUT2D eigenvalue weighted by molar-refractivity contribution is 7.70. The number of benzene rings is 2. The number of halogens is 1. The number of hydrogen-bond acceptors (Lipinski definition) is 7. The van der Waals surface area contributed by atoms with Crippen LogP contribution in [0.25, 0.3) is 0 Å². The number of aromatic nitrogens is 2. The maximum atomic E-state index is 12.7. The molecule has 1 aliphatic heterocycles. The molecule has 5 rings (SSSR count). The fraction of sp³-hybridized carbons (Fsp3) is 0.346. The number of carbonyl (C=O) groups excluding carboxylic acids is 1. The van der Waals surface area contributed by atoms with Gasteiger partial charge in [0.25, 0.3) is 0 Å². The van der Waals surface area contributed by atoms with Gasteiger partial charge in [-0.2, -0.15) is 4.98 Å². The zero-order chi connectivity index (χ0) is 24.6. The van der Waals surface area contributed by atoms with Crippen LogP contribution in [0.3, 0.4) is 0 Å². The van der Waals surface area contributed by atoms with Gasteiger partial charge < -0.3 is 20.1 Å². The molecule has 182 valence electrons. The summed E-state index contributed by atoms with van der Waals surface area (Å²) in [6.07, 6.45) is 5.05. The van der Waals surface area contributed by atoms with Crippen molar-refractivity contribution in [2.24, 2.45) is 5.41 Å². The lowest BCUT2D eigenvalue weighted by molar-refractivity contribution is -0.122. The van der Waals surface area contributed by atoms with Gasteiger partial charge in [0.2, 0.25) is 5.95 Å². The van der Waals surface area contributed by atoms with Crippen molar-refractivity contribution in [3.05, 3.63) is 59.8 Å². The lowest BCUT2D eigenvalue weighted by atomic mass is 9.68. The number of ketones is 1. The minimum absolute atomic E-state index is 0.327.